The number of hydrogen-bond donors (Lipinski definition) is 3. The van der Waals surface area contributed by atoms with Crippen molar-refractivity contribution in [2.45, 2.75) is 167 Å². The van der Waals surface area contributed by atoms with Crippen LogP contribution in [-0.2, 0) is 32.7 Å². The number of phosphoric ester groups is 1. The molecule has 0 aromatic rings. The number of quaternary nitrogens is 1. The van der Waals surface area contributed by atoms with Gasteiger partial charge in [-0.05, 0) is 25.7 Å². The molecule has 3 N–H and O–H groups in total. The molecule has 0 radical (unpaired) electrons. The lowest BCUT2D eigenvalue weighted by atomic mass is 10.0. The zero-order valence-corrected chi connectivity index (χ0v) is 36.3. The Balaban J connectivity index is 4.75. The van der Waals surface area contributed by atoms with Crippen LogP contribution in [0.25, 0.3) is 0 Å². The molecule has 0 aliphatic heterocycles. The van der Waals surface area contributed by atoms with Crippen LogP contribution in [-0.4, -0.2) is 104 Å². The molecule has 0 spiro atoms. The first-order chi connectivity index (χ1) is 26.7. The number of unbranched alkanes of at least 4 members (excludes halogenated alkanes) is 13. The van der Waals surface area contributed by atoms with Crippen molar-refractivity contribution < 1.29 is 57.4 Å². The number of allylic oxidation sites excluding steroid dienone is 6. The Hall–Kier alpha value is -2.15. The van der Waals surface area contributed by atoms with Gasteiger partial charge in [0.25, 0.3) is 7.82 Å². The van der Waals surface area contributed by atoms with Crippen molar-refractivity contribution in [3.63, 3.8) is 0 Å². The van der Waals surface area contributed by atoms with Crippen molar-refractivity contribution in [3.8, 4) is 0 Å². The number of ether oxygens (including phenoxy) is 2. The SMILES string of the molecule is CCCCCCCCCCCCCCC(=O)OC[C@H](COP(=O)([O-])OCC[N+](C)(C)C)OC(=O)CCC[C@H](O)[C@@H](O)/C=C/C=C/C=C\C=C\[C@@H](O)CCCCC. The van der Waals surface area contributed by atoms with Crippen LogP contribution < -0.4 is 4.89 Å². The number of carbonyl (C=O) groups is 2. The molecular formula is C43H78NO11P. The lowest BCUT2D eigenvalue weighted by Crippen LogP contribution is -2.37. The number of nitrogens with zero attached hydrogens (tertiary/aromatic N) is 1. The fourth-order valence-corrected chi connectivity index (χ4v) is 6.18. The molecule has 0 aromatic carbocycles. The third-order valence-electron chi connectivity index (χ3n) is 8.97. The smallest absolute Gasteiger partial charge is 0.306 e. The van der Waals surface area contributed by atoms with Crippen molar-refractivity contribution in [1.29, 1.82) is 0 Å². The lowest BCUT2D eigenvalue weighted by Gasteiger charge is -2.28. The van der Waals surface area contributed by atoms with E-state index in [1.165, 1.54) is 57.4 Å². The van der Waals surface area contributed by atoms with E-state index in [1.807, 2.05) is 21.1 Å². The summed E-state index contributed by atoms with van der Waals surface area (Å²) in [6, 6.07) is 0. The standard InChI is InChI=1S/C43H78NO11P/c1-6-8-10-11-12-13-14-15-16-17-22-26-32-42(48)52-36-39(37-54-56(50,51)53-35-34-44(3,4)5)55-43(49)33-27-31-41(47)40(46)30-25-21-19-18-20-24-29-38(45)28-23-9-7-2/h18-21,24-25,29-30,38-41,45-47H,6-17,22-23,26-28,31-37H2,1-5H3/b20-18-,21-19+,29-24+,30-25+/t38-,39+,40-,41-/m0/s1. The summed E-state index contributed by atoms with van der Waals surface area (Å²) in [4.78, 5) is 37.5. The second-order valence-electron chi connectivity index (χ2n) is 15.6. The predicted octanol–water partition coefficient (Wildman–Crippen LogP) is 7.80. The molecule has 326 valence electrons. The monoisotopic (exact) mass is 816 g/mol. The second kappa shape index (κ2) is 34.9. The van der Waals surface area contributed by atoms with Crippen molar-refractivity contribution in [2.75, 3.05) is 47.5 Å². The third-order valence-corrected chi connectivity index (χ3v) is 9.93. The van der Waals surface area contributed by atoms with Gasteiger partial charge in [0.2, 0.25) is 0 Å². The van der Waals surface area contributed by atoms with E-state index in [1.54, 1.807) is 42.5 Å². The fraction of sp³-hybridized carbons (Fsp3) is 0.767. The number of likely N-dealkylation sites (N-methyl/N-ethyl adjacent to an activating group) is 1. The molecule has 0 rings (SSSR count). The van der Waals surface area contributed by atoms with Gasteiger partial charge in [0.1, 0.15) is 19.8 Å². The molecule has 0 aliphatic rings. The van der Waals surface area contributed by atoms with Gasteiger partial charge in [-0.2, -0.15) is 0 Å². The molecule has 56 heavy (non-hydrogen) atoms. The van der Waals surface area contributed by atoms with E-state index in [4.69, 9.17) is 18.5 Å². The Morgan fingerprint density at radius 1 is 0.643 bits per heavy atom. The molecule has 1 unspecified atom stereocenters. The highest BCUT2D eigenvalue weighted by Gasteiger charge is 2.22. The van der Waals surface area contributed by atoms with Gasteiger partial charge < -0.3 is 43.2 Å². The topological polar surface area (TPSA) is 172 Å². The maximum absolute atomic E-state index is 12.7. The minimum Gasteiger partial charge on any atom is -0.756 e. The molecule has 0 amide bonds. The average molecular weight is 816 g/mol. The van der Waals surface area contributed by atoms with Gasteiger partial charge in [0.05, 0.1) is 46.1 Å². The van der Waals surface area contributed by atoms with Gasteiger partial charge in [-0.15, -0.1) is 0 Å². The molecule has 0 saturated heterocycles. The van der Waals surface area contributed by atoms with Gasteiger partial charge in [0.15, 0.2) is 6.10 Å². The summed E-state index contributed by atoms with van der Waals surface area (Å²) in [7, 11) is 0.945. The maximum atomic E-state index is 12.7. The molecule has 5 atom stereocenters. The summed E-state index contributed by atoms with van der Waals surface area (Å²) in [5, 5.41) is 30.5. The first-order valence-corrected chi connectivity index (χ1v) is 22.6. The first kappa shape index (κ1) is 53.9. The molecule has 12 nitrogen and oxygen atoms in total. The predicted molar refractivity (Wildman–Crippen MR) is 222 cm³/mol. The van der Waals surface area contributed by atoms with Gasteiger partial charge in [-0.1, -0.05) is 152 Å². The number of aliphatic hydroxyl groups is 3. The Labute approximate surface area is 339 Å². The van der Waals surface area contributed by atoms with Gasteiger partial charge >= 0.3 is 11.9 Å². The average Bonchev–Trinajstić information content (AvgIpc) is 3.13. The minimum absolute atomic E-state index is 0.0951. The van der Waals surface area contributed by atoms with Crippen molar-refractivity contribution in [1.82, 2.24) is 0 Å². The van der Waals surface area contributed by atoms with Crippen molar-refractivity contribution in [2.24, 2.45) is 0 Å². The molecule has 0 aromatic heterocycles. The van der Waals surface area contributed by atoms with Crippen LogP contribution in [0.5, 0.6) is 0 Å². The van der Waals surface area contributed by atoms with E-state index in [-0.39, 0.29) is 38.9 Å². The lowest BCUT2D eigenvalue weighted by molar-refractivity contribution is -0.870. The highest BCUT2D eigenvalue weighted by Crippen LogP contribution is 2.38. The quantitative estimate of drug-likeness (QED) is 0.0184. The number of carbonyl (C=O) groups excluding carboxylic acids is 2. The van der Waals surface area contributed by atoms with Crippen molar-refractivity contribution in [3.05, 3.63) is 48.6 Å². The summed E-state index contributed by atoms with van der Waals surface area (Å²) in [6.07, 6.45) is 27.9. The number of hydrogen-bond acceptors (Lipinski definition) is 11. The fourth-order valence-electron chi connectivity index (χ4n) is 5.45. The summed E-state index contributed by atoms with van der Waals surface area (Å²) in [6.45, 7) is 3.70. The molecule has 0 fully saturated rings. The van der Waals surface area contributed by atoms with E-state index >= 15 is 0 Å². The Morgan fingerprint density at radius 3 is 1.75 bits per heavy atom. The molecule has 0 heterocycles. The highest BCUT2D eigenvalue weighted by molar-refractivity contribution is 7.45. The van der Waals surface area contributed by atoms with Crippen LogP contribution in [0.2, 0.25) is 0 Å². The Bertz CT molecular complexity index is 1150. The first-order valence-electron chi connectivity index (χ1n) is 21.2. The van der Waals surface area contributed by atoms with E-state index in [2.05, 4.69) is 13.8 Å². The minimum atomic E-state index is -4.72. The van der Waals surface area contributed by atoms with Crippen LogP contribution in [0.1, 0.15) is 142 Å². The largest absolute Gasteiger partial charge is 0.756 e. The second-order valence-corrected chi connectivity index (χ2v) is 17.0. The van der Waals surface area contributed by atoms with Crippen LogP contribution >= 0.6 is 7.82 Å². The normalized spacial score (nSPS) is 15.8. The Morgan fingerprint density at radius 2 is 1.16 bits per heavy atom. The van der Waals surface area contributed by atoms with Crippen LogP contribution in [0.15, 0.2) is 48.6 Å². The molecular weight excluding hydrogens is 737 g/mol. The van der Waals surface area contributed by atoms with Crippen molar-refractivity contribution >= 4 is 19.8 Å². The molecule has 0 saturated carbocycles. The van der Waals surface area contributed by atoms with E-state index in [0.717, 1.165) is 44.9 Å². The molecule has 0 bridgehead atoms. The summed E-state index contributed by atoms with van der Waals surface area (Å²) < 4.78 is 33.5. The molecule has 13 heteroatoms. The van der Waals surface area contributed by atoms with Gasteiger partial charge in [-0.3, -0.25) is 14.2 Å². The number of phosphoric acid groups is 1. The van der Waals surface area contributed by atoms with Crippen LogP contribution in [0, 0.1) is 0 Å². The summed E-state index contributed by atoms with van der Waals surface area (Å²) in [5.41, 5.74) is 0. The number of rotatable bonds is 37. The number of esters is 2. The van der Waals surface area contributed by atoms with Gasteiger partial charge in [0, 0.05) is 12.8 Å². The summed E-state index contributed by atoms with van der Waals surface area (Å²) in [5.74, 6) is -1.17. The number of aliphatic hydroxyl groups excluding tert-OH is 3. The maximum Gasteiger partial charge on any atom is 0.306 e. The van der Waals surface area contributed by atoms with E-state index in [9.17, 15) is 34.4 Å². The van der Waals surface area contributed by atoms with Gasteiger partial charge in [-0.25, -0.2) is 0 Å². The Kier molecular flexibility index (Phi) is 33.5. The van der Waals surface area contributed by atoms with E-state index in [0.29, 0.717) is 17.4 Å². The highest BCUT2D eigenvalue weighted by atomic mass is 31.2. The zero-order chi connectivity index (χ0) is 41.9. The van der Waals surface area contributed by atoms with Crippen LogP contribution in [0.4, 0.5) is 0 Å². The summed E-state index contributed by atoms with van der Waals surface area (Å²) >= 11 is 0. The molecule has 0 aliphatic carbocycles. The van der Waals surface area contributed by atoms with Crippen LogP contribution in [0.3, 0.4) is 0 Å². The zero-order valence-electron chi connectivity index (χ0n) is 35.4. The third kappa shape index (κ3) is 36.2. The van der Waals surface area contributed by atoms with E-state index < -0.39 is 50.8 Å².